The van der Waals surface area contributed by atoms with Gasteiger partial charge in [0.2, 0.25) is 5.91 Å². The zero-order chi connectivity index (χ0) is 17.9. The summed E-state index contributed by atoms with van der Waals surface area (Å²) in [4.78, 5) is 16.2. The van der Waals surface area contributed by atoms with Crippen molar-refractivity contribution in [1.29, 1.82) is 0 Å². The fourth-order valence-electron chi connectivity index (χ4n) is 3.36. The first kappa shape index (κ1) is 16.8. The first-order chi connectivity index (χ1) is 12.7. The number of nitrogens with one attached hydrogen (secondary N) is 1. The van der Waals surface area contributed by atoms with Crippen LogP contribution < -0.4 is 5.32 Å². The Bertz CT molecular complexity index is 887. The molecule has 1 atom stereocenters. The molecule has 6 heteroatoms. The first-order valence-electron chi connectivity index (χ1n) is 8.86. The molecule has 3 aromatic rings. The van der Waals surface area contributed by atoms with Crippen molar-refractivity contribution in [2.45, 2.75) is 32.5 Å². The van der Waals surface area contributed by atoms with Crippen molar-refractivity contribution < 1.29 is 4.79 Å². The van der Waals surface area contributed by atoms with E-state index in [1.165, 1.54) is 10.4 Å². The predicted molar refractivity (Wildman–Crippen MR) is 104 cm³/mol. The summed E-state index contributed by atoms with van der Waals surface area (Å²) in [6.07, 6.45) is 4.69. The Balaban J connectivity index is 1.40. The first-order valence-corrected chi connectivity index (χ1v) is 9.74. The van der Waals surface area contributed by atoms with Gasteiger partial charge in [-0.05, 0) is 54.1 Å². The van der Waals surface area contributed by atoms with E-state index in [1.54, 1.807) is 17.5 Å². The predicted octanol–water partition coefficient (Wildman–Crippen LogP) is 3.38. The minimum Gasteiger partial charge on any atom is -0.374 e. The van der Waals surface area contributed by atoms with E-state index >= 15 is 0 Å². The summed E-state index contributed by atoms with van der Waals surface area (Å²) in [5, 5.41) is 9.72. The Morgan fingerprint density at radius 1 is 1.35 bits per heavy atom. The van der Waals surface area contributed by atoms with Crippen molar-refractivity contribution in [3.8, 4) is 0 Å². The van der Waals surface area contributed by atoms with Gasteiger partial charge in [0.25, 0.3) is 0 Å². The Labute approximate surface area is 157 Å². The minimum atomic E-state index is -0.255. The number of rotatable bonds is 5. The molecule has 1 N–H and O–H groups in total. The molecule has 0 saturated heterocycles. The van der Waals surface area contributed by atoms with Gasteiger partial charge in [-0.3, -0.25) is 9.48 Å². The molecule has 0 bridgehead atoms. The largest absolute Gasteiger partial charge is 0.374 e. The third-order valence-corrected chi connectivity index (χ3v) is 5.73. The standard InChI is InChI=1S/C20H22N4OS/c1-15(20(25)23-10-6-19-17(14-23)7-11-26-19)22-18-5-2-4-16(12-18)13-24-9-3-8-21-24/h2-5,7-9,11-12,15,22H,6,10,13-14H2,1H3. The second-order valence-electron chi connectivity index (χ2n) is 6.65. The summed E-state index contributed by atoms with van der Waals surface area (Å²) in [7, 11) is 0. The summed E-state index contributed by atoms with van der Waals surface area (Å²) in [5.41, 5.74) is 3.41. The van der Waals surface area contributed by atoms with Crippen LogP contribution in [0.1, 0.15) is 22.9 Å². The molecule has 0 spiro atoms. The SMILES string of the molecule is CC(Nc1cccc(Cn2cccn2)c1)C(=O)N1CCc2sccc2C1. The molecule has 0 aliphatic carbocycles. The topological polar surface area (TPSA) is 50.2 Å². The van der Waals surface area contributed by atoms with Crippen molar-refractivity contribution in [2.24, 2.45) is 0 Å². The van der Waals surface area contributed by atoms with E-state index in [2.05, 4.69) is 34.0 Å². The third-order valence-electron chi connectivity index (χ3n) is 4.70. The maximum atomic E-state index is 12.8. The van der Waals surface area contributed by atoms with Crippen LogP contribution in [0.2, 0.25) is 0 Å². The van der Waals surface area contributed by atoms with Crippen molar-refractivity contribution in [2.75, 3.05) is 11.9 Å². The molecule has 1 unspecified atom stereocenters. The van der Waals surface area contributed by atoms with Crippen LogP contribution in [0.25, 0.3) is 0 Å². The van der Waals surface area contributed by atoms with Crippen LogP contribution in [0.5, 0.6) is 0 Å². The van der Waals surface area contributed by atoms with Crippen LogP contribution in [0.4, 0.5) is 5.69 Å². The average Bonchev–Trinajstić information content (AvgIpc) is 3.32. The number of nitrogens with zero attached hydrogens (tertiary/aromatic N) is 3. The molecular weight excluding hydrogens is 344 g/mol. The van der Waals surface area contributed by atoms with Crippen LogP contribution >= 0.6 is 11.3 Å². The van der Waals surface area contributed by atoms with Crippen molar-refractivity contribution in [3.63, 3.8) is 0 Å². The molecule has 5 nitrogen and oxygen atoms in total. The maximum Gasteiger partial charge on any atom is 0.245 e. The Morgan fingerprint density at radius 2 is 2.27 bits per heavy atom. The summed E-state index contributed by atoms with van der Waals surface area (Å²) in [6.45, 7) is 4.18. The number of fused-ring (bicyclic) bond motifs is 1. The lowest BCUT2D eigenvalue weighted by Gasteiger charge is -2.30. The normalized spacial score (nSPS) is 14.7. The lowest BCUT2D eigenvalue weighted by Crippen LogP contribution is -2.43. The number of hydrogen-bond donors (Lipinski definition) is 1. The summed E-state index contributed by atoms with van der Waals surface area (Å²) in [5.74, 6) is 0.152. The number of aromatic nitrogens is 2. The minimum absolute atomic E-state index is 0.152. The Kier molecular flexibility index (Phi) is 4.75. The van der Waals surface area contributed by atoms with Gasteiger partial charge >= 0.3 is 0 Å². The molecular formula is C20H22N4OS. The van der Waals surface area contributed by atoms with E-state index in [0.717, 1.165) is 37.3 Å². The summed E-state index contributed by atoms with van der Waals surface area (Å²) < 4.78 is 1.89. The van der Waals surface area contributed by atoms with Crippen LogP contribution in [-0.2, 0) is 24.3 Å². The van der Waals surface area contributed by atoms with Crippen molar-refractivity contribution in [3.05, 3.63) is 70.2 Å². The number of carbonyl (C=O) groups excluding carboxylic acids is 1. The zero-order valence-corrected chi connectivity index (χ0v) is 15.6. The van der Waals surface area contributed by atoms with Gasteiger partial charge in [0.1, 0.15) is 6.04 Å². The van der Waals surface area contributed by atoms with Gasteiger partial charge in [0.05, 0.1) is 6.54 Å². The van der Waals surface area contributed by atoms with Gasteiger partial charge in [-0.25, -0.2) is 0 Å². The second-order valence-corrected chi connectivity index (χ2v) is 7.65. The highest BCUT2D eigenvalue weighted by Crippen LogP contribution is 2.24. The lowest BCUT2D eigenvalue weighted by molar-refractivity contribution is -0.132. The van der Waals surface area contributed by atoms with Gasteiger partial charge in [-0.15, -0.1) is 11.3 Å². The van der Waals surface area contributed by atoms with Gasteiger partial charge in [-0.1, -0.05) is 12.1 Å². The van der Waals surface area contributed by atoms with E-state index in [-0.39, 0.29) is 11.9 Å². The molecule has 0 saturated carbocycles. The number of hydrogen-bond acceptors (Lipinski definition) is 4. The molecule has 0 radical (unpaired) electrons. The third kappa shape index (κ3) is 3.65. The highest BCUT2D eigenvalue weighted by molar-refractivity contribution is 7.10. The number of anilines is 1. The van der Waals surface area contributed by atoms with Crippen molar-refractivity contribution in [1.82, 2.24) is 14.7 Å². The smallest absolute Gasteiger partial charge is 0.245 e. The van der Waals surface area contributed by atoms with Crippen molar-refractivity contribution >= 4 is 22.9 Å². The second kappa shape index (κ2) is 7.33. The average molecular weight is 366 g/mol. The molecule has 2 aromatic heterocycles. The highest BCUT2D eigenvalue weighted by Gasteiger charge is 2.25. The fourth-order valence-corrected chi connectivity index (χ4v) is 4.25. The van der Waals surface area contributed by atoms with Gasteiger partial charge in [0.15, 0.2) is 0 Å². The number of benzene rings is 1. The van der Waals surface area contributed by atoms with E-state index in [4.69, 9.17) is 0 Å². The Hall–Kier alpha value is -2.60. The highest BCUT2D eigenvalue weighted by atomic mass is 32.1. The molecule has 1 aromatic carbocycles. The van der Waals surface area contributed by atoms with E-state index in [1.807, 2.05) is 40.9 Å². The monoisotopic (exact) mass is 366 g/mol. The van der Waals surface area contributed by atoms with Gasteiger partial charge in [0, 0.05) is 36.0 Å². The Morgan fingerprint density at radius 3 is 3.12 bits per heavy atom. The van der Waals surface area contributed by atoms with E-state index in [0.29, 0.717) is 0 Å². The lowest BCUT2D eigenvalue weighted by atomic mass is 10.1. The van der Waals surface area contributed by atoms with Gasteiger partial charge < -0.3 is 10.2 Å². The van der Waals surface area contributed by atoms with E-state index in [9.17, 15) is 4.79 Å². The summed E-state index contributed by atoms with van der Waals surface area (Å²) >= 11 is 1.79. The molecule has 134 valence electrons. The number of thiophene rings is 1. The van der Waals surface area contributed by atoms with Crippen LogP contribution in [0.15, 0.2) is 54.2 Å². The fraction of sp³-hybridized carbons (Fsp3) is 0.300. The maximum absolute atomic E-state index is 12.8. The van der Waals surface area contributed by atoms with Crippen LogP contribution in [0, 0.1) is 0 Å². The summed E-state index contributed by atoms with van der Waals surface area (Å²) in [6, 6.07) is 12.0. The van der Waals surface area contributed by atoms with E-state index < -0.39 is 0 Å². The van der Waals surface area contributed by atoms with Gasteiger partial charge in [-0.2, -0.15) is 5.10 Å². The zero-order valence-electron chi connectivity index (χ0n) is 14.8. The molecule has 1 amide bonds. The molecule has 26 heavy (non-hydrogen) atoms. The number of amides is 1. The van der Waals surface area contributed by atoms with Crippen LogP contribution in [-0.4, -0.2) is 33.2 Å². The quantitative estimate of drug-likeness (QED) is 0.753. The number of carbonyl (C=O) groups is 1. The molecule has 4 rings (SSSR count). The molecule has 1 aliphatic heterocycles. The molecule has 1 aliphatic rings. The molecule has 0 fully saturated rings. The molecule has 3 heterocycles. The van der Waals surface area contributed by atoms with Crippen LogP contribution in [0.3, 0.4) is 0 Å².